The number of hydrogen-bond donors (Lipinski definition) is 1. The van der Waals surface area contributed by atoms with E-state index in [-0.39, 0.29) is 41.9 Å². The zero-order valence-corrected chi connectivity index (χ0v) is 23.4. The number of nitrogens with zero attached hydrogens (tertiary/aromatic N) is 3. The zero-order chi connectivity index (χ0) is 28.3. The maximum Gasteiger partial charge on any atom is 0.251 e. The fraction of sp³-hybridized carbons (Fsp3) is 0.233. The van der Waals surface area contributed by atoms with Crippen molar-refractivity contribution in [1.29, 1.82) is 0 Å². The molecule has 0 saturated heterocycles. The molecule has 2 aromatic heterocycles. The van der Waals surface area contributed by atoms with E-state index >= 15 is 0 Å². The molecule has 0 aliphatic carbocycles. The lowest BCUT2D eigenvalue weighted by atomic mass is 10.0. The van der Waals surface area contributed by atoms with E-state index < -0.39 is 9.84 Å². The molecule has 9 nitrogen and oxygen atoms in total. The van der Waals surface area contributed by atoms with Crippen molar-refractivity contribution in [2.24, 2.45) is 0 Å². The lowest BCUT2D eigenvalue weighted by molar-refractivity contribution is 0.0950. The van der Waals surface area contributed by atoms with E-state index in [1.807, 2.05) is 67.5 Å². The molecular formula is C30H30N4O5S. The van der Waals surface area contributed by atoms with Gasteiger partial charge in [-0.15, -0.1) is 0 Å². The number of methoxy groups -OCH3 is 1. The third-order valence-electron chi connectivity index (χ3n) is 6.67. The number of amides is 1. The molecule has 1 aliphatic heterocycles. The standard InChI is InChI=1S/C30H30N4O5S/c1-34(2)29-6-4-5-26(33-29)25-16-20(9-10-27(25)38-3)21-11-12-31-24(15-21)18-32-30(35)22-7-8-23-19-39-13-14-40(36,37)28(23)17-22/h4-12,15-17H,13-14,18-19H2,1-3H3,(H,32,35). The molecule has 10 heteroatoms. The van der Waals surface area contributed by atoms with Gasteiger partial charge in [0.1, 0.15) is 11.6 Å². The number of carbonyl (C=O) groups excluding carboxylic acids is 1. The SMILES string of the molecule is COc1ccc(-c2ccnc(CNC(=O)c3ccc4c(c3)S(=O)(=O)CCOC4)c2)cc1-c1cccc(N(C)C)n1. The van der Waals surface area contributed by atoms with Crippen LogP contribution in [0.2, 0.25) is 0 Å². The van der Waals surface area contributed by atoms with Gasteiger partial charge in [0.2, 0.25) is 0 Å². The summed E-state index contributed by atoms with van der Waals surface area (Å²) in [7, 11) is 2.02. The largest absolute Gasteiger partial charge is 0.496 e. The van der Waals surface area contributed by atoms with Crippen LogP contribution in [0.3, 0.4) is 0 Å². The topological polar surface area (TPSA) is 111 Å². The first-order valence-corrected chi connectivity index (χ1v) is 14.4. The first-order chi connectivity index (χ1) is 19.2. The van der Waals surface area contributed by atoms with E-state index in [0.29, 0.717) is 17.0 Å². The molecule has 4 aromatic rings. The van der Waals surface area contributed by atoms with Crippen LogP contribution in [0.4, 0.5) is 5.82 Å². The molecule has 0 unspecified atom stereocenters. The van der Waals surface area contributed by atoms with Crippen LogP contribution >= 0.6 is 0 Å². The molecule has 0 fully saturated rings. The minimum absolute atomic E-state index is 0.105. The molecule has 0 bridgehead atoms. The second kappa shape index (κ2) is 11.4. The molecule has 0 spiro atoms. The van der Waals surface area contributed by atoms with Crippen LogP contribution in [-0.4, -0.2) is 57.9 Å². The van der Waals surface area contributed by atoms with Crippen LogP contribution in [0, 0.1) is 0 Å². The van der Waals surface area contributed by atoms with E-state index in [1.165, 1.54) is 6.07 Å². The second-order valence-corrected chi connectivity index (χ2v) is 11.7. The number of rotatable bonds is 7. The summed E-state index contributed by atoms with van der Waals surface area (Å²) in [5.41, 5.74) is 5.01. The van der Waals surface area contributed by atoms with Crippen LogP contribution in [0.25, 0.3) is 22.4 Å². The van der Waals surface area contributed by atoms with Gasteiger partial charge in [0, 0.05) is 31.4 Å². The Morgan fingerprint density at radius 3 is 2.67 bits per heavy atom. The highest BCUT2D eigenvalue weighted by molar-refractivity contribution is 7.91. The Bertz CT molecular complexity index is 1670. The van der Waals surface area contributed by atoms with Gasteiger partial charge in [0.25, 0.3) is 5.91 Å². The lowest BCUT2D eigenvalue weighted by Gasteiger charge is -2.15. The Balaban J connectivity index is 1.36. The van der Waals surface area contributed by atoms with Gasteiger partial charge in [0.05, 0.1) is 48.9 Å². The van der Waals surface area contributed by atoms with Gasteiger partial charge in [-0.25, -0.2) is 13.4 Å². The van der Waals surface area contributed by atoms with Crippen LogP contribution in [0.1, 0.15) is 21.6 Å². The highest BCUT2D eigenvalue weighted by Crippen LogP contribution is 2.34. The molecule has 5 rings (SSSR count). The second-order valence-electron chi connectivity index (χ2n) is 9.60. The van der Waals surface area contributed by atoms with Gasteiger partial charge >= 0.3 is 0 Å². The number of nitrogens with one attached hydrogen (secondary N) is 1. The van der Waals surface area contributed by atoms with Crippen LogP contribution in [0.5, 0.6) is 5.75 Å². The highest BCUT2D eigenvalue weighted by atomic mass is 32.2. The number of aromatic nitrogens is 2. The van der Waals surface area contributed by atoms with E-state index in [4.69, 9.17) is 14.5 Å². The zero-order valence-electron chi connectivity index (χ0n) is 22.5. The molecule has 0 radical (unpaired) electrons. The number of hydrogen-bond acceptors (Lipinski definition) is 8. The third kappa shape index (κ3) is 5.83. The van der Waals surface area contributed by atoms with E-state index in [2.05, 4.69) is 10.3 Å². The fourth-order valence-electron chi connectivity index (χ4n) is 4.50. The molecule has 0 atom stereocenters. The maximum absolute atomic E-state index is 12.9. The Morgan fingerprint density at radius 2 is 1.88 bits per heavy atom. The molecular weight excluding hydrogens is 528 g/mol. The smallest absolute Gasteiger partial charge is 0.251 e. The van der Waals surface area contributed by atoms with Crippen molar-refractivity contribution in [2.45, 2.75) is 18.0 Å². The molecule has 2 aromatic carbocycles. The van der Waals surface area contributed by atoms with Crippen molar-refractivity contribution < 1.29 is 22.7 Å². The number of ether oxygens (including phenoxy) is 2. The van der Waals surface area contributed by atoms with Crippen LogP contribution in [0.15, 0.2) is 77.8 Å². The molecule has 0 saturated carbocycles. The summed E-state index contributed by atoms with van der Waals surface area (Å²) in [6, 6.07) is 20.2. The summed E-state index contributed by atoms with van der Waals surface area (Å²) in [5, 5.41) is 2.85. The van der Waals surface area contributed by atoms with Crippen molar-refractivity contribution >= 4 is 21.6 Å². The maximum atomic E-state index is 12.9. The van der Waals surface area contributed by atoms with Crippen molar-refractivity contribution in [2.75, 3.05) is 38.5 Å². The number of fused-ring (bicyclic) bond motifs is 1. The predicted molar refractivity (Wildman–Crippen MR) is 153 cm³/mol. The Morgan fingerprint density at radius 1 is 1.05 bits per heavy atom. The minimum Gasteiger partial charge on any atom is -0.496 e. The van der Waals surface area contributed by atoms with E-state index in [1.54, 1.807) is 25.4 Å². The fourth-order valence-corrected chi connectivity index (χ4v) is 5.89. The van der Waals surface area contributed by atoms with Gasteiger partial charge in [-0.05, 0) is 65.2 Å². The van der Waals surface area contributed by atoms with Gasteiger partial charge < -0.3 is 19.7 Å². The van der Waals surface area contributed by atoms with Crippen molar-refractivity contribution in [3.8, 4) is 28.1 Å². The van der Waals surface area contributed by atoms with Crippen molar-refractivity contribution in [3.05, 3.63) is 89.7 Å². The molecule has 1 amide bonds. The minimum atomic E-state index is -3.51. The van der Waals surface area contributed by atoms with Gasteiger partial charge in [0.15, 0.2) is 9.84 Å². The Hall–Kier alpha value is -4.28. The summed E-state index contributed by atoms with van der Waals surface area (Å²) in [6.07, 6.45) is 1.70. The lowest BCUT2D eigenvalue weighted by Crippen LogP contribution is -2.23. The van der Waals surface area contributed by atoms with Crippen molar-refractivity contribution in [1.82, 2.24) is 15.3 Å². The van der Waals surface area contributed by atoms with E-state index in [0.717, 1.165) is 28.2 Å². The number of pyridine rings is 2. The first kappa shape index (κ1) is 27.3. The van der Waals surface area contributed by atoms with Gasteiger partial charge in [-0.2, -0.15) is 0 Å². The molecule has 1 N–H and O–H groups in total. The normalized spacial score (nSPS) is 14.1. The van der Waals surface area contributed by atoms with E-state index in [9.17, 15) is 13.2 Å². The summed E-state index contributed by atoms with van der Waals surface area (Å²) in [5.74, 6) is 1.07. The average Bonchev–Trinajstić information content (AvgIpc) is 3.12. The monoisotopic (exact) mass is 558 g/mol. The first-order valence-electron chi connectivity index (χ1n) is 12.7. The number of carbonyl (C=O) groups is 1. The third-order valence-corrected chi connectivity index (χ3v) is 8.42. The predicted octanol–water partition coefficient (Wildman–Crippen LogP) is 4.12. The Kier molecular flexibility index (Phi) is 7.81. The molecule has 206 valence electrons. The van der Waals surface area contributed by atoms with Gasteiger partial charge in [-0.3, -0.25) is 9.78 Å². The quantitative estimate of drug-likeness (QED) is 0.361. The average molecular weight is 559 g/mol. The van der Waals surface area contributed by atoms with Crippen LogP contribution < -0.4 is 15.0 Å². The van der Waals surface area contributed by atoms with Crippen molar-refractivity contribution in [3.63, 3.8) is 0 Å². The Labute approximate surface area is 233 Å². The summed E-state index contributed by atoms with van der Waals surface area (Å²) in [6.45, 7) is 0.516. The summed E-state index contributed by atoms with van der Waals surface area (Å²) in [4.78, 5) is 24.2. The van der Waals surface area contributed by atoms with Gasteiger partial charge in [-0.1, -0.05) is 18.2 Å². The number of anilines is 1. The number of sulfone groups is 1. The highest BCUT2D eigenvalue weighted by Gasteiger charge is 2.23. The number of benzene rings is 2. The summed E-state index contributed by atoms with van der Waals surface area (Å²) >= 11 is 0. The van der Waals surface area contributed by atoms with Crippen LogP contribution in [-0.2, 0) is 27.7 Å². The molecule has 40 heavy (non-hydrogen) atoms. The summed E-state index contributed by atoms with van der Waals surface area (Å²) < 4.78 is 36.2. The molecule has 3 heterocycles. The molecule has 1 aliphatic rings.